The van der Waals surface area contributed by atoms with Crippen LogP contribution in [-0.4, -0.2) is 38.4 Å². The Morgan fingerprint density at radius 2 is 1.78 bits per heavy atom. The van der Waals surface area contributed by atoms with Crippen LogP contribution >= 0.6 is 0 Å². The molecule has 0 heterocycles. The number of hydrogen-bond donors (Lipinski definition) is 2. The highest BCUT2D eigenvalue weighted by Gasteiger charge is 2.19. The van der Waals surface area contributed by atoms with Gasteiger partial charge in [0.1, 0.15) is 6.04 Å². The van der Waals surface area contributed by atoms with E-state index in [1.807, 2.05) is 0 Å². The third kappa shape index (κ3) is 2.77. The summed E-state index contributed by atoms with van der Waals surface area (Å²) in [6, 6.07) is 2.62. The highest BCUT2D eigenvalue weighted by molar-refractivity contribution is 5.79. The van der Waals surface area contributed by atoms with Crippen LogP contribution in [0.15, 0.2) is 12.1 Å². The van der Waals surface area contributed by atoms with Crippen LogP contribution in [0.2, 0.25) is 0 Å². The molecular weight excluding hydrogens is 238 g/mol. The van der Waals surface area contributed by atoms with E-state index in [1.165, 1.54) is 21.3 Å². The van der Waals surface area contributed by atoms with Crippen molar-refractivity contribution in [3.63, 3.8) is 0 Å². The van der Waals surface area contributed by atoms with Crippen LogP contribution in [0.3, 0.4) is 0 Å². The number of ether oxygens (including phenoxy) is 3. The molecule has 0 spiro atoms. The molecule has 2 N–H and O–H groups in total. The van der Waals surface area contributed by atoms with Crippen molar-refractivity contribution in [2.24, 2.45) is 0 Å². The molecule has 0 bridgehead atoms. The van der Waals surface area contributed by atoms with E-state index in [1.54, 1.807) is 19.1 Å². The lowest BCUT2D eigenvalue weighted by Gasteiger charge is -2.18. The number of methoxy groups -OCH3 is 3. The van der Waals surface area contributed by atoms with Gasteiger partial charge in [0.25, 0.3) is 0 Å². The second kappa shape index (κ2) is 6.00. The molecule has 18 heavy (non-hydrogen) atoms. The summed E-state index contributed by atoms with van der Waals surface area (Å²) in [5.41, 5.74) is 0.532. The minimum atomic E-state index is -0.952. The maximum absolute atomic E-state index is 10.8. The van der Waals surface area contributed by atoms with Gasteiger partial charge in [-0.05, 0) is 19.1 Å². The Labute approximate surface area is 105 Å². The second-order valence-corrected chi connectivity index (χ2v) is 3.59. The van der Waals surface area contributed by atoms with Crippen LogP contribution < -0.4 is 19.5 Å². The Morgan fingerprint density at radius 3 is 2.22 bits per heavy atom. The van der Waals surface area contributed by atoms with Gasteiger partial charge < -0.3 is 24.6 Å². The first-order chi connectivity index (χ1) is 8.54. The molecule has 1 rings (SSSR count). The Kier molecular flexibility index (Phi) is 4.65. The zero-order valence-electron chi connectivity index (χ0n) is 10.8. The fraction of sp³-hybridized carbons (Fsp3) is 0.417. The number of carboxylic acids is 1. The molecule has 0 aliphatic heterocycles. The lowest BCUT2D eigenvalue weighted by atomic mass is 10.2. The van der Waals surface area contributed by atoms with E-state index in [2.05, 4.69) is 5.32 Å². The average molecular weight is 255 g/mol. The molecular formula is C12H17NO5. The molecule has 6 nitrogen and oxygen atoms in total. The standard InChI is InChI=1S/C12H17NO5/c1-7(12(14)15)13-8-5-6-9(16-2)11(18-4)10(8)17-3/h5-7,13H,1-4H3,(H,14,15)/t7-/m0/s1. The van der Waals surface area contributed by atoms with E-state index in [0.29, 0.717) is 22.9 Å². The normalized spacial score (nSPS) is 11.6. The largest absolute Gasteiger partial charge is 0.493 e. The van der Waals surface area contributed by atoms with E-state index < -0.39 is 12.0 Å². The van der Waals surface area contributed by atoms with Gasteiger partial charge in [0.2, 0.25) is 5.75 Å². The highest BCUT2D eigenvalue weighted by Crippen LogP contribution is 2.42. The van der Waals surface area contributed by atoms with Crippen LogP contribution in [0.25, 0.3) is 0 Å². The van der Waals surface area contributed by atoms with E-state index in [0.717, 1.165) is 0 Å². The van der Waals surface area contributed by atoms with Gasteiger partial charge in [-0.1, -0.05) is 0 Å². The molecule has 0 aliphatic carbocycles. The lowest BCUT2D eigenvalue weighted by Crippen LogP contribution is -2.25. The predicted molar refractivity (Wildman–Crippen MR) is 66.8 cm³/mol. The van der Waals surface area contributed by atoms with E-state index >= 15 is 0 Å². The molecule has 1 aromatic rings. The summed E-state index contributed by atoms with van der Waals surface area (Å²) in [6.45, 7) is 1.54. The minimum absolute atomic E-state index is 0.407. The summed E-state index contributed by atoms with van der Waals surface area (Å²) in [5.74, 6) is 0.391. The molecule has 0 radical (unpaired) electrons. The molecule has 0 aliphatic rings. The maximum atomic E-state index is 10.8. The highest BCUT2D eigenvalue weighted by atomic mass is 16.5. The number of nitrogens with one attached hydrogen (secondary N) is 1. The molecule has 0 amide bonds. The van der Waals surface area contributed by atoms with Gasteiger partial charge >= 0.3 is 5.97 Å². The zero-order valence-corrected chi connectivity index (χ0v) is 10.8. The zero-order chi connectivity index (χ0) is 13.7. The quantitative estimate of drug-likeness (QED) is 0.804. The fourth-order valence-corrected chi connectivity index (χ4v) is 1.51. The van der Waals surface area contributed by atoms with E-state index in [4.69, 9.17) is 19.3 Å². The third-order valence-electron chi connectivity index (χ3n) is 2.45. The van der Waals surface area contributed by atoms with Crippen molar-refractivity contribution in [1.82, 2.24) is 0 Å². The average Bonchev–Trinajstić information content (AvgIpc) is 2.37. The summed E-state index contributed by atoms with van der Waals surface area (Å²) >= 11 is 0. The number of aliphatic carboxylic acids is 1. The summed E-state index contributed by atoms with van der Waals surface area (Å²) in [5, 5.41) is 11.7. The summed E-state index contributed by atoms with van der Waals surface area (Å²) in [6.07, 6.45) is 0. The van der Waals surface area contributed by atoms with Gasteiger partial charge in [0, 0.05) is 0 Å². The van der Waals surface area contributed by atoms with Crippen LogP contribution in [0.5, 0.6) is 17.2 Å². The van der Waals surface area contributed by atoms with Gasteiger partial charge in [0.05, 0.1) is 27.0 Å². The van der Waals surface area contributed by atoms with Crippen molar-refractivity contribution in [3.8, 4) is 17.2 Å². The van der Waals surface area contributed by atoms with Crippen LogP contribution in [0.1, 0.15) is 6.92 Å². The van der Waals surface area contributed by atoms with Crippen molar-refractivity contribution in [1.29, 1.82) is 0 Å². The molecule has 0 saturated heterocycles. The lowest BCUT2D eigenvalue weighted by molar-refractivity contribution is -0.137. The van der Waals surface area contributed by atoms with Crippen LogP contribution in [-0.2, 0) is 4.79 Å². The monoisotopic (exact) mass is 255 g/mol. The third-order valence-corrected chi connectivity index (χ3v) is 2.45. The summed E-state index contributed by atoms with van der Waals surface area (Å²) in [7, 11) is 4.49. The number of rotatable bonds is 6. The Hall–Kier alpha value is -2.11. The molecule has 1 aromatic carbocycles. The predicted octanol–water partition coefficient (Wildman–Crippen LogP) is 1.60. The first-order valence-electron chi connectivity index (χ1n) is 5.33. The smallest absolute Gasteiger partial charge is 0.325 e. The number of benzene rings is 1. The van der Waals surface area contributed by atoms with Gasteiger partial charge in [-0.3, -0.25) is 4.79 Å². The van der Waals surface area contributed by atoms with Crippen molar-refractivity contribution in [2.45, 2.75) is 13.0 Å². The van der Waals surface area contributed by atoms with E-state index in [9.17, 15) is 4.79 Å². The van der Waals surface area contributed by atoms with Crippen molar-refractivity contribution in [2.75, 3.05) is 26.6 Å². The molecule has 6 heteroatoms. The van der Waals surface area contributed by atoms with E-state index in [-0.39, 0.29) is 0 Å². The molecule has 100 valence electrons. The topological polar surface area (TPSA) is 77.0 Å². The van der Waals surface area contributed by atoms with Crippen molar-refractivity contribution < 1.29 is 24.1 Å². The summed E-state index contributed by atoms with van der Waals surface area (Å²) < 4.78 is 15.6. The molecule has 0 saturated carbocycles. The first kappa shape index (κ1) is 14.0. The van der Waals surface area contributed by atoms with Gasteiger partial charge in [-0.2, -0.15) is 0 Å². The maximum Gasteiger partial charge on any atom is 0.325 e. The Morgan fingerprint density at radius 1 is 1.17 bits per heavy atom. The fourth-order valence-electron chi connectivity index (χ4n) is 1.51. The van der Waals surface area contributed by atoms with Gasteiger partial charge in [-0.25, -0.2) is 0 Å². The number of carboxylic acid groups (broad SMARTS) is 1. The Balaban J connectivity index is 3.16. The van der Waals surface area contributed by atoms with Crippen LogP contribution in [0, 0.1) is 0 Å². The number of anilines is 1. The molecule has 0 unspecified atom stereocenters. The number of carbonyl (C=O) groups is 1. The Bertz CT molecular complexity index is 433. The van der Waals surface area contributed by atoms with Crippen LogP contribution in [0.4, 0.5) is 5.69 Å². The minimum Gasteiger partial charge on any atom is -0.493 e. The molecule has 0 fully saturated rings. The molecule has 0 aromatic heterocycles. The number of hydrogen-bond acceptors (Lipinski definition) is 5. The molecule has 1 atom stereocenters. The SMILES string of the molecule is COc1ccc(N[C@@H](C)C(=O)O)c(OC)c1OC. The second-order valence-electron chi connectivity index (χ2n) is 3.59. The van der Waals surface area contributed by atoms with Gasteiger partial charge in [0.15, 0.2) is 11.5 Å². The van der Waals surface area contributed by atoms with Gasteiger partial charge in [-0.15, -0.1) is 0 Å². The summed E-state index contributed by atoms with van der Waals surface area (Å²) in [4.78, 5) is 10.8. The van der Waals surface area contributed by atoms with Crippen molar-refractivity contribution >= 4 is 11.7 Å². The first-order valence-corrected chi connectivity index (χ1v) is 5.33. The van der Waals surface area contributed by atoms with Crippen molar-refractivity contribution in [3.05, 3.63) is 12.1 Å².